The van der Waals surface area contributed by atoms with Gasteiger partial charge in [0.05, 0.1) is 23.9 Å². The van der Waals surface area contributed by atoms with E-state index in [0.717, 1.165) is 72.9 Å². The SMILES string of the molecule is C=C(OC)c1ccc(-c2c(N)ncnc2N2CCC(c3nc(-c4ccc(F)c(C(F)(F)F)c4)cn3CCN3CCCC3)CC2)cc1. The van der Waals surface area contributed by atoms with E-state index in [-0.39, 0.29) is 11.5 Å². The highest BCUT2D eigenvalue weighted by atomic mass is 19.4. The van der Waals surface area contributed by atoms with Crippen LogP contribution in [0.1, 0.15) is 48.6 Å². The second-order valence-corrected chi connectivity index (χ2v) is 11.8. The average molecular weight is 636 g/mol. The van der Waals surface area contributed by atoms with Crippen LogP contribution in [0.2, 0.25) is 0 Å². The number of hydrogen-bond donors (Lipinski definition) is 1. The molecule has 4 heterocycles. The van der Waals surface area contributed by atoms with Crippen LogP contribution in [0.3, 0.4) is 0 Å². The van der Waals surface area contributed by atoms with Crippen molar-refractivity contribution in [1.29, 1.82) is 0 Å². The van der Waals surface area contributed by atoms with Crippen LogP contribution >= 0.6 is 0 Å². The third kappa shape index (κ3) is 6.57. The van der Waals surface area contributed by atoms with Crippen LogP contribution in [0.4, 0.5) is 29.2 Å². The molecule has 8 nitrogen and oxygen atoms in total. The van der Waals surface area contributed by atoms with Crippen molar-refractivity contribution in [3.63, 3.8) is 0 Å². The average Bonchev–Trinajstić information content (AvgIpc) is 3.74. The molecule has 2 fully saturated rings. The zero-order chi connectivity index (χ0) is 32.4. The Balaban J connectivity index is 1.25. The summed E-state index contributed by atoms with van der Waals surface area (Å²) in [6.45, 7) is 8.85. The van der Waals surface area contributed by atoms with Crippen molar-refractivity contribution in [2.45, 2.75) is 44.3 Å². The number of alkyl halides is 3. The van der Waals surface area contributed by atoms with Crippen molar-refractivity contribution in [3.8, 4) is 22.4 Å². The van der Waals surface area contributed by atoms with Crippen LogP contribution in [-0.4, -0.2) is 64.3 Å². The molecule has 0 bridgehead atoms. The monoisotopic (exact) mass is 635 g/mol. The van der Waals surface area contributed by atoms with E-state index in [1.807, 2.05) is 30.5 Å². The predicted molar refractivity (Wildman–Crippen MR) is 170 cm³/mol. The fourth-order valence-corrected chi connectivity index (χ4v) is 6.43. The van der Waals surface area contributed by atoms with E-state index < -0.39 is 17.6 Å². The molecule has 0 unspecified atom stereocenters. The number of nitrogen functional groups attached to an aromatic ring is 1. The maximum absolute atomic E-state index is 14.1. The van der Waals surface area contributed by atoms with E-state index in [0.29, 0.717) is 36.9 Å². The Bertz CT molecular complexity index is 1690. The van der Waals surface area contributed by atoms with Crippen LogP contribution < -0.4 is 10.6 Å². The zero-order valence-electron chi connectivity index (χ0n) is 25.7. The molecule has 0 spiro atoms. The Kier molecular flexibility index (Phi) is 8.99. The fourth-order valence-electron chi connectivity index (χ4n) is 6.43. The van der Waals surface area contributed by atoms with Gasteiger partial charge in [0.2, 0.25) is 0 Å². The number of hydrogen-bond acceptors (Lipinski definition) is 7. The Morgan fingerprint density at radius 3 is 2.35 bits per heavy atom. The molecule has 0 amide bonds. The lowest BCUT2D eigenvalue weighted by molar-refractivity contribution is -0.139. The third-order valence-electron chi connectivity index (χ3n) is 8.99. The Morgan fingerprint density at radius 1 is 0.978 bits per heavy atom. The summed E-state index contributed by atoms with van der Waals surface area (Å²) in [5.74, 6) is 1.31. The largest absolute Gasteiger partial charge is 0.497 e. The van der Waals surface area contributed by atoms with Crippen molar-refractivity contribution in [1.82, 2.24) is 24.4 Å². The summed E-state index contributed by atoms with van der Waals surface area (Å²) in [5, 5.41) is 0. The summed E-state index contributed by atoms with van der Waals surface area (Å²) in [7, 11) is 1.58. The summed E-state index contributed by atoms with van der Waals surface area (Å²) in [6, 6.07) is 10.8. The molecule has 2 aromatic carbocycles. The number of rotatable bonds is 9. The molecule has 4 aromatic rings. The zero-order valence-corrected chi connectivity index (χ0v) is 25.7. The first kappa shape index (κ1) is 31.5. The van der Waals surface area contributed by atoms with Crippen molar-refractivity contribution in [2.75, 3.05) is 50.5 Å². The molecular weight excluding hydrogens is 598 g/mol. The fraction of sp³-hybridized carbons (Fsp3) is 0.382. The highest BCUT2D eigenvalue weighted by Gasteiger charge is 2.35. The minimum Gasteiger partial charge on any atom is -0.497 e. The molecule has 2 N–H and O–H groups in total. The van der Waals surface area contributed by atoms with Gasteiger partial charge in [0.1, 0.15) is 35.4 Å². The number of aromatic nitrogens is 4. The highest BCUT2D eigenvalue weighted by molar-refractivity contribution is 5.84. The summed E-state index contributed by atoms with van der Waals surface area (Å²) in [6.07, 6.45) is 2.34. The number of ether oxygens (including phenoxy) is 1. The molecule has 0 radical (unpaired) electrons. The molecule has 2 aliphatic heterocycles. The summed E-state index contributed by atoms with van der Waals surface area (Å²) in [4.78, 5) is 18.4. The van der Waals surface area contributed by atoms with Gasteiger partial charge in [-0.25, -0.2) is 19.3 Å². The van der Waals surface area contributed by atoms with Crippen molar-refractivity contribution >= 4 is 17.4 Å². The lowest BCUT2D eigenvalue weighted by Crippen LogP contribution is -2.35. The van der Waals surface area contributed by atoms with Gasteiger partial charge in [0.15, 0.2) is 0 Å². The molecule has 0 aliphatic carbocycles. The minimum atomic E-state index is -4.79. The molecule has 6 rings (SSSR count). The maximum Gasteiger partial charge on any atom is 0.419 e. The van der Waals surface area contributed by atoms with Gasteiger partial charge >= 0.3 is 6.18 Å². The van der Waals surface area contributed by atoms with Gasteiger partial charge in [-0.3, -0.25) is 0 Å². The summed E-state index contributed by atoms with van der Waals surface area (Å²) < 4.78 is 61.9. The van der Waals surface area contributed by atoms with Gasteiger partial charge in [-0.2, -0.15) is 13.2 Å². The van der Waals surface area contributed by atoms with E-state index in [4.69, 9.17) is 15.5 Å². The van der Waals surface area contributed by atoms with E-state index >= 15 is 0 Å². The second kappa shape index (κ2) is 13.1. The molecule has 2 saturated heterocycles. The van der Waals surface area contributed by atoms with Gasteiger partial charge in [-0.05, 0) is 62.5 Å². The Hall–Kier alpha value is -4.45. The lowest BCUT2D eigenvalue weighted by atomic mass is 9.95. The number of anilines is 2. The number of methoxy groups -OCH3 is 1. The van der Waals surface area contributed by atoms with Crippen LogP contribution in [0.5, 0.6) is 0 Å². The van der Waals surface area contributed by atoms with Crippen LogP contribution in [0.25, 0.3) is 28.1 Å². The van der Waals surface area contributed by atoms with Crippen molar-refractivity contribution < 1.29 is 22.3 Å². The van der Waals surface area contributed by atoms with Gasteiger partial charge in [-0.1, -0.05) is 30.8 Å². The first-order valence-electron chi connectivity index (χ1n) is 15.5. The molecule has 12 heteroatoms. The van der Waals surface area contributed by atoms with Gasteiger partial charge in [-0.15, -0.1) is 0 Å². The number of nitrogens with two attached hydrogens (primary N) is 1. The lowest BCUT2D eigenvalue weighted by Gasteiger charge is -2.34. The normalized spacial score (nSPS) is 16.2. The summed E-state index contributed by atoms with van der Waals surface area (Å²) >= 11 is 0. The number of likely N-dealkylation sites (tertiary alicyclic amines) is 1. The second-order valence-electron chi connectivity index (χ2n) is 11.8. The number of piperidine rings is 1. The van der Waals surface area contributed by atoms with E-state index in [1.54, 1.807) is 7.11 Å². The molecule has 0 saturated carbocycles. The van der Waals surface area contributed by atoms with Gasteiger partial charge < -0.3 is 24.8 Å². The predicted octanol–water partition coefficient (Wildman–Crippen LogP) is 6.84. The topological polar surface area (TPSA) is 85.3 Å². The number of imidazole rings is 1. The molecule has 2 aromatic heterocycles. The molecule has 2 aliphatic rings. The van der Waals surface area contributed by atoms with E-state index in [9.17, 15) is 17.6 Å². The maximum atomic E-state index is 14.1. The van der Waals surface area contributed by atoms with Gasteiger partial charge in [0, 0.05) is 49.4 Å². The summed E-state index contributed by atoms with van der Waals surface area (Å²) in [5.41, 5.74) is 8.24. The molecule has 46 heavy (non-hydrogen) atoms. The number of benzene rings is 2. The Labute approximate surface area is 265 Å². The third-order valence-corrected chi connectivity index (χ3v) is 8.99. The van der Waals surface area contributed by atoms with Crippen LogP contribution in [0.15, 0.2) is 61.6 Å². The number of nitrogens with zero attached hydrogens (tertiary/aromatic N) is 6. The standard InChI is InChI=1S/C34H37F4N7O/c1-22(46-2)23-5-7-24(8-6-23)30-31(39)40-21-41-33(30)44-15-11-25(12-16-44)32-42-29(20-45(32)18-17-43-13-3-4-14-43)26-9-10-28(35)27(19-26)34(36,37)38/h5-10,19-21,25H,1,3-4,11-18H2,2H3,(H2,39,40,41). The number of halogens is 4. The quantitative estimate of drug-likeness (QED) is 0.159. The van der Waals surface area contributed by atoms with E-state index in [2.05, 4.69) is 30.9 Å². The van der Waals surface area contributed by atoms with Gasteiger partial charge in [0.25, 0.3) is 0 Å². The van der Waals surface area contributed by atoms with E-state index in [1.165, 1.54) is 25.2 Å². The van der Waals surface area contributed by atoms with Crippen LogP contribution in [0, 0.1) is 5.82 Å². The minimum absolute atomic E-state index is 0.0769. The molecular formula is C34H37F4N7O. The van der Waals surface area contributed by atoms with Crippen LogP contribution in [-0.2, 0) is 17.5 Å². The van der Waals surface area contributed by atoms with Crippen molar-refractivity contribution in [2.24, 2.45) is 0 Å². The molecule has 0 atom stereocenters. The smallest absolute Gasteiger partial charge is 0.419 e. The van der Waals surface area contributed by atoms with Crippen molar-refractivity contribution in [3.05, 3.63) is 84.3 Å². The Morgan fingerprint density at radius 2 is 1.67 bits per heavy atom. The first-order valence-corrected chi connectivity index (χ1v) is 15.5. The highest BCUT2D eigenvalue weighted by Crippen LogP contribution is 2.38. The first-order chi connectivity index (χ1) is 22.1. The molecule has 242 valence electrons.